The number of piperidine rings is 1. The van der Waals surface area contributed by atoms with E-state index in [0.29, 0.717) is 25.9 Å². The van der Waals surface area contributed by atoms with Crippen molar-refractivity contribution in [1.82, 2.24) is 20.0 Å². The number of nitrogens with two attached hydrogens (primary N) is 1. The van der Waals surface area contributed by atoms with Crippen molar-refractivity contribution in [2.45, 2.75) is 38.1 Å². The van der Waals surface area contributed by atoms with E-state index in [1.165, 1.54) is 0 Å². The molecule has 7 nitrogen and oxygen atoms in total. The first-order valence-electron chi connectivity index (χ1n) is 7.84. The molecule has 3 N–H and O–H groups in total. The molecule has 2 heterocycles. The number of aryl methyl sites for hydroxylation is 1. The summed E-state index contributed by atoms with van der Waals surface area (Å²) in [7, 11) is 1.84. The first-order chi connectivity index (χ1) is 10.6. The number of aromatic nitrogens is 2. The second-order valence-corrected chi connectivity index (χ2v) is 5.78. The van der Waals surface area contributed by atoms with Crippen molar-refractivity contribution in [2.75, 3.05) is 19.6 Å². The average molecular weight is 307 g/mol. The zero-order valence-corrected chi connectivity index (χ0v) is 13.1. The molecule has 7 heteroatoms. The lowest BCUT2D eigenvalue weighted by Crippen LogP contribution is -2.50. The summed E-state index contributed by atoms with van der Waals surface area (Å²) in [5.74, 6) is 0.0542. The van der Waals surface area contributed by atoms with Gasteiger partial charge in [0.15, 0.2) is 0 Å². The van der Waals surface area contributed by atoms with E-state index in [9.17, 15) is 9.59 Å². The van der Waals surface area contributed by atoms with E-state index in [2.05, 4.69) is 10.4 Å². The Morgan fingerprint density at radius 2 is 2.27 bits per heavy atom. The lowest BCUT2D eigenvalue weighted by atomic mass is 10.0. The first kappa shape index (κ1) is 16.5. The van der Waals surface area contributed by atoms with Crippen LogP contribution in [-0.4, -0.2) is 52.2 Å². The number of amides is 2. The molecule has 2 rings (SSSR count). The quantitative estimate of drug-likeness (QED) is 0.762. The summed E-state index contributed by atoms with van der Waals surface area (Å²) in [5.41, 5.74) is 6.29. The summed E-state index contributed by atoms with van der Waals surface area (Å²) in [5, 5.41) is 6.97. The smallest absolute Gasteiger partial charge is 0.227 e. The minimum absolute atomic E-state index is 0.0484. The molecule has 0 radical (unpaired) electrons. The van der Waals surface area contributed by atoms with Crippen LogP contribution in [0.3, 0.4) is 0 Å². The number of hydrogen-bond donors (Lipinski definition) is 2. The van der Waals surface area contributed by atoms with E-state index in [1.807, 2.05) is 18.1 Å². The van der Waals surface area contributed by atoms with Crippen molar-refractivity contribution in [3.05, 3.63) is 18.0 Å². The molecular formula is C15H25N5O2. The van der Waals surface area contributed by atoms with Gasteiger partial charge in [0.05, 0.1) is 12.6 Å². The summed E-state index contributed by atoms with van der Waals surface area (Å²) >= 11 is 0. The molecule has 1 aliphatic rings. The summed E-state index contributed by atoms with van der Waals surface area (Å²) in [6.07, 6.45) is 7.32. The van der Waals surface area contributed by atoms with E-state index >= 15 is 0 Å². The van der Waals surface area contributed by atoms with E-state index in [1.54, 1.807) is 10.9 Å². The molecule has 22 heavy (non-hydrogen) atoms. The number of carbonyl (C=O) groups is 2. The van der Waals surface area contributed by atoms with Crippen LogP contribution in [0.1, 0.15) is 31.2 Å². The number of nitrogens with one attached hydrogen (secondary N) is 1. The van der Waals surface area contributed by atoms with Gasteiger partial charge < -0.3 is 16.0 Å². The molecule has 1 aromatic heterocycles. The molecule has 0 saturated carbocycles. The summed E-state index contributed by atoms with van der Waals surface area (Å²) in [6.45, 7) is 1.62. The number of rotatable bonds is 6. The molecule has 2 amide bonds. The number of carbonyl (C=O) groups excluding carboxylic acids is 2. The fourth-order valence-corrected chi connectivity index (χ4v) is 2.83. The van der Waals surface area contributed by atoms with Crippen LogP contribution in [0, 0.1) is 0 Å². The highest BCUT2D eigenvalue weighted by Gasteiger charge is 2.27. The SMILES string of the molecule is Cn1cc(CC(=O)N2CCCCC2CNC(=O)CCN)cn1. The molecule has 1 aromatic rings. The third-order valence-corrected chi connectivity index (χ3v) is 3.97. The van der Waals surface area contributed by atoms with Gasteiger partial charge in [-0.3, -0.25) is 14.3 Å². The van der Waals surface area contributed by atoms with E-state index < -0.39 is 0 Å². The van der Waals surface area contributed by atoms with Gasteiger partial charge in [0.2, 0.25) is 11.8 Å². The van der Waals surface area contributed by atoms with Crippen LogP contribution in [0.15, 0.2) is 12.4 Å². The normalized spacial score (nSPS) is 18.3. The lowest BCUT2D eigenvalue weighted by molar-refractivity contribution is -0.134. The van der Waals surface area contributed by atoms with Crippen LogP contribution in [0.5, 0.6) is 0 Å². The van der Waals surface area contributed by atoms with Gasteiger partial charge >= 0.3 is 0 Å². The number of likely N-dealkylation sites (tertiary alicyclic amines) is 1. The maximum absolute atomic E-state index is 12.5. The minimum atomic E-state index is -0.0484. The van der Waals surface area contributed by atoms with Crippen molar-refractivity contribution in [3.8, 4) is 0 Å². The van der Waals surface area contributed by atoms with E-state index in [0.717, 1.165) is 31.4 Å². The Kier molecular flexibility index (Phi) is 5.94. The van der Waals surface area contributed by atoms with Crippen LogP contribution >= 0.6 is 0 Å². The molecule has 0 spiro atoms. The predicted octanol–water partition coefficient (Wildman–Crippen LogP) is -0.191. The zero-order valence-electron chi connectivity index (χ0n) is 13.1. The zero-order chi connectivity index (χ0) is 15.9. The maximum atomic E-state index is 12.5. The van der Waals surface area contributed by atoms with Crippen molar-refractivity contribution in [1.29, 1.82) is 0 Å². The maximum Gasteiger partial charge on any atom is 0.227 e. The van der Waals surface area contributed by atoms with E-state index in [4.69, 9.17) is 5.73 Å². The summed E-state index contributed by atoms with van der Waals surface area (Å²) < 4.78 is 1.70. The second kappa shape index (κ2) is 7.93. The molecule has 122 valence electrons. The fourth-order valence-electron chi connectivity index (χ4n) is 2.83. The van der Waals surface area contributed by atoms with Gasteiger partial charge in [-0.25, -0.2) is 0 Å². The topological polar surface area (TPSA) is 93.2 Å². The Morgan fingerprint density at radius 3 is 2.95 bits per heavy atom. The van der Waals surface area contributed by atoms with Gasteiger partial charge in [-0.15, -0.1) is 0 Å². The lowest BCUT2D eigenvalue weighted by Gasteiger charge is -2.36. The van der Waals surface area contributed by atoms with Crippen LogP contribution in [0.4, 0.5) is 0 Å². The Labute approximate surface area is 130 Å². The van der Waals surface area contributed by atoms with Crippen LogP contribution in [0.25, 0.3) is 0 Å². The minimum Gasteiger partial charge on any atom is -0.354 e. The van der Waals surface area contributed by atoms with Gasteiger partial charge in [-0.05, 0) is 24.8 Å². The van der Waals surface area contributed by atoms with Crippen molar-refractivity contribution < 1.29 is 9.59 Å². The molecule has 0 aromatic carbocycles. The van der Waals surface area contributed by atoms with Gasteiger partial charge in [-0.1, -0.05) is 0 Å². The Hall–Kier alpha value is -1.89. The van der Waals surface area contributed by atoms with Crippen LogP contribution in [0.2, 0.25) is 0 Å². The summed E-state index contributed by atoms with van der Waals surface area (Å²) in [6, 6.07) is 0.0830. The number of nitrogens with zero attached hydrogens (tertiary/aromatic N) is 3. The van der Waals surface area contributed by atoms with Crippen LogP contribution < -0.4 is 11.1 Å². The third-order valence-electron chi connectivity index (χ3n) is 3.97. The van der Waals surface area contributed by atoms with Gasteiger partial charge in [0.25, 0.3) is 0 Å². The fraction of sp³-hybridized carbons (Fsp3) is 0.667. The third kappa shape index (κ3) is 4.56. The molecule has 0 bridgehead atoms. The van der Waals surface area contributed by atoms with E-state index in [-0.39, 0.29) is 17.9 Å². The van der Waals surface area contributed by atoms with Crippen molar-refractivity contribution in [2.24, 2.45) is 12.8 Å². The molecule has 1 atom stereocenters. The van der Waals surface area contributed by atoms with Gasteiger partial charge in [0.1, 0.15) is 0 Å². The second-order valence-electron chi connectivity index (χ2n) is 5.78. The Bertz CT molecular complexity index is 514. The molecule has 1 saturated heterocycles. The monoisotopic (exact) mass is 307 g/mol. The molecular weight excluding hydrogens is 282 g/mol. The highest BCUT2D eigenvalue weighted by atomic mass is 16.2. The summed E-state index contributed by atoms with van der Waals surface area (Å²) in [4.78, 5) is 26.0. The molecule has 1 aliphatic heterocycles. The molecule has 1 unspecified atom stereocenters. The van der Waals surface area contributed by atoms with Crippen molar-refractivity contribution in [3.63, 3.8) is 0 Å². The standard InChI is InChI=1S/C15H25N5O2/c1-19-11-12(9-18-19)8-15(22)20-7-3-2-4-13(20)10-17-14(21)5-6-16/h9,11,13H,2-8,10,16H2,1H3,(H,17,21). The molecule has 1 fully saturated rings. The Morgan fingerprint density at radius 1 is 1.45 bits per heavy atom. The predicted molar refractivity (Wildman–Crippen MR) is 82.9 cm³/mol. The highest BCUT2D eigenvalue weighted by Crippen LogP contribution is 2.18. The van der Waals surface area contributed by atoms with Gasteiger partial charge in [0, 0.05) is 45.3 Å². The van der Waals surface area contributed by atoms with Crippen LogP contribution in [-0.2, 0) is 23.1 Å². The number of hydrogen-bond acceptors (Lipinski definition) is 4. The van der Waals surface area contributed by atoms with Gasteiger partial charge in [-0.2, -0.15) is 5.10 Å². The first-order valence-corrected chi connectivity index (χ1v) is 7.84. The molecule has 0 aliphatic carbocycles. The largest absolute Gasteiger partial charge is 0.354 e. The van der Waals surface area contributed by atoms with Crippen molar-refractivity contribution >= 4 is 11.8 Å². The average Bonchev–Trinajstić information content (AvgIpc) is 2.91. The Balaban J connectivity index is 1.90. The highest BCUT2D eigenvalue weighted by molar-refractivity contribution is 5.79.